The van der Waals surface area contributed by atoms with Gasteiger partial charge < -0.3 is 4.48 Å². The molecule has 0 heterocycles. The normalized spacial score (nSPS) is 12.9. The maximum Gasteiger partial charge on any atom is 0.522 e. The highest BCUT2D eigenvalue weighted by atomic mass is 32.2. The number of unbranched alkanes of at least 4 members (excludes halogenated alkanes) is 1. The van der Waals surface area contributed by atoms with Crippen molar-refractivity contribution in [2.45, 2.75) is 32.2 Å². The first kappa shape index (κ1) is 19.0. The van der Waals surface area contributed by atoms with Gasteiger partial charge in [-0.25, -0.2) is 0 Å². The molecule has 17 heavy (non-hydrogen) atoms. The number of rotatable bonds is 4. The fraction of sp³-hybridized carbons (Fsp3) is 1.00. The van der Waals surface area contributed by atoms with Gasteiger partial charge in [0.1, 0.15) is 0 Å². The van der Waals surface area contributed by atoms with Crippen LogP contribution in [-0.4, -0.2) is 50.1 Å². The van der Waals surface area contributed by atoms with E-state index in [-0.39, 0.29) is 0 Å². The smallest absolute Gasteiger partial charge is 0.329 e. The predicted molar refractivity (Wildman–Crippen MR) is 60.0 cm³/mol. The van der Waals surface area contributed by atoms with Gasteiger partial charge in [-0.3, -0.25) is 4.55 Å². The summed E-state index contributed by atoms with van der Waals surface area (Å²) in [7, 11) is -1.27. The molecule has 0 radical (unpaired) electrons. The maximum atomic E-state index is 10.7. The van der Waals surface area contributed by atoms with Crippen LogP contribution in [0.2, 0.25) is 0 Å². The van der Waals surface area contributed by atoms with Gasteiger partial charge >= 0.3 is 15.6 Å². The van der Waals surface area contributed by atoms with Crippen molar-refractivity contribution in [2.75, 3.05) is 27.2 Å². The largest absolute Gasteiger partial charge is 0.522 e. The van der Waals surface area contributed by atoms with Crippen LogP contribution in [0.25, 0.3) is 0 Å². The van der Waals surface area contributed by atoms with Gasteiger partial charge in [0.2, 0.25) is 0 Å². The lowest BCUT2D eigenvalue weighted by Crippen LogP contribution is -2.39. The van der Waals surface area contributed by atoms with E-state index in [0.29, 0.717) is 0 Å². The molecule has 0 aliphatic heterocycles. The molecule has 0 bridgehead atoms. The van der Waals surface area contributed by atoms with E-state index in [0.717, 1.165) is 0 Å². The van der Waals surface area contributed by atoms with Gasteiger partial charge in [-0.15, -0.1) is 0 Å². The van der Waals surface area contributed by atoms with Gasteiger partial charge in [0.05, 0.1) is 27.2 Å². The number of nitrogens with zero attached hydrogens (tertiary/aromatic N) is 1. The van der Waals surface area contributed by atoms with E-state index in [1.165, 1.54) is 30.4 Å². The lowest BCUT2D eigenvalue weighted by Gasteiger charge is -2.27. The molecule has 4 nitrogen and oxygen atoms in total. The number of alkyl halides is 3. The maximum absolute atomic E-state index is 10.7. The van der Waals surface area contributed by atoms with E-state index in [1.54, 1.807) is 0 Å². The molecule has 8 heteroatoms. The molecule has 0 aromatic heterocycles. The third kappa shape index (κ3) is 10.5. The van der Waals surface area contributed by atoms with Crippen LogP contribution in [0.1, 0.15) is 26.7 Å². The summed E-state index contributed by atoms with van der Waals surface area (Å²) in [5.74, 6) is 0. The molecule has 0 aromatic rings. The van der Waals surface area contributed by atoms with Gasteiger partial charge in [0, 0.05) is 0 Å². The molecule has 0 saturated carbocycles. The Morgan fingerprint density at radius 1 is 1.18 bits per heavy atom. The van der Waals surface area contributed by atoms with Crippen molar-refractivity contribution in [3.05, 3.63) is 0 Å². The SMILES string of the molecule is CCCC[N+](C)(C)CC.O=S(=O)(O)C(F)(F)F. The first-order valence-electron chi connectivity index (χ1n) is 5.23. The third-order valence-corrected chi connectivity index (χ3v) is 2.85. The average molecular weight is 280 g/mol. The second-order valence-corrected chi connectivity index (χ2v) is 5.66. The van der Waals surface area contributed by atoms with Crippen molar-refractivity contribution < 1.29 is 30.6 Å². The van der Waals surface area contributed by atoms with Gasteiger partial charge in [0.15, 0.2) is 0 Å². The summed E-state index contributed by atoms with van der Waals surface area (Å²) in [6, 6.07) is 0. The highest BCUT2D eigenvalue weighted by Crippen LogP contribution is 2.20. The van der Waals surface area contributed by atoms with Crippen LogP contribution in [0.4, 0.5) is 13.2 Å². The number of halogens is 3. The Labute approximate surface area is 101 Å². The highest BCUT2D eigenvalue weighted by Gasteiger charge is 2.44. The van der Waals surface area contributed by atoms with E-state index in [1.807, 2.05) is 0 Å². The van der Waals surface area contributed by atoms with E-state index >= 15 is 0 Å². The molecule has 0 amide bonds. The first-order valence-corrected chi connectivity index (χ1v) is 6.67. The Morgan fingerprint density at radius 2 is 1.53 bits per heavy atom. The molecule has 106 valence electrons. The van der Waals surface area contributed by atoms with E-state index < -0.39 is 15.6 Å². The van der Waals surface area contributed by atoms with Crippen LogP contribution in [0.15, 0.2) is 0 Å². The Kier molecular flexibility index (Phi) is 8.02. The minimum Gasteiger partial charge on any atom is -0.329 e. The van der Waals surface area contributed by atoms with Crippen LogP contribution >= 0.6 is 0 Å². The Bertz CT molecular complexity index is 299. The van der Waals surface area contributed by atoms with Crippen molar-refractivity contribution in [3.63, 3.8) is 0 Å². The van der Waals surface area contributed by atoms with Gasteiger partial charge in [-0.05, 0) is 13.3 Å². The topological polar surface area (TPSA) is 54.4 Å². The summed E-state index contributed by atoms with van der Waals surface area (Å²) < 4.78 is 58.7. The standard InChI is InChI=1S/C8H20N.CHF3O3S/c1-5-7-8-9(3,4)6-2;2-1(3,4)8(5,6)7/h5-8H2,1-4H3;(H,5,6,7)/q+1;. The van der Waals surface area contributed by atoms with Gasteiger partial charge in [-0.2, -0.15) is 21.6 Å². The zero-order valence-electron chi connectivity index (χ0n) is 10.6. The van der Waals surface area contributed by atoms with Crippen molar-refractivity contribution in [1.82, 2.24) is 0 Å². The Balaban J connectivity index is 0. The second-order valence-electron chi connectivity index (χ2n) is 4.25. The summed E-state index contributed by atoms with van der Waals surface area (Å²) in [6.07, 6.45) is 2.68. The molecule has 1 N–H and O–H groups in total. The van der Waals surface area contributed by atoms with Crippen molar-refractivity contribution in [3.8, 4) is 0 Å². The molecule has 0 fully saturated rings. The number of quaternary nitrogens is 1. The van der Waals surface area contributed by atoms with Gasteiger partial charge in [-0.1, -0.05) is 13.3 Å². The predicted octanol–water partition coefficient (Wildman–Crippen LogP) is 2.28. The lowest BCUT2D eigenvalue weighted by molar-refractivity contribution is -0.888. The highest BCUT2D eigenvalue weighted by molar-refractivity contribution is 7.86. The van der Waals surface area contributed by atoms with Crippen LogP contribution < -0.4 is 0 Å². The molecule has 0 atom stereocenters. The van der Waals surface area contributed by atoms with E-state index in [4.69, 9.17) is 13.0 Å². The summed E-state index contributed by atoms with van der Waals surface area (Å²) >= 11 is 0. The van der Waals surface area contributed by atoms with Crippen molar-refractivity contribution >= 4 is 10.1 Å². The summed E-state index contributed by atoms with van der Waals surface area (Å²) in [5.41, 5.74) is -5.53. The number of hydrogen-bond donors (Lipinski definition) is 1. The van der Waals surface area contributed by atoms with E-state index in [9.17, 15) is 13.2 Å². The molecular weight excluding hydrogens is 259 g/mol. The minimum atomic E-state index is -5.84. The van der Waals surface area contributed by atoms with Crippen LogP contribution in [0, 0.1) is 0 Å². The Morgan fingerprint density at radius 3 is 1.71 bits per heavy atom. The van der Waals surface area contributed by atoms with Crippen LogP contribution in [0.5, 0.6) is 0 Å². The monoisotopic (exact) mass is 280 g/mol. The average Bonchev–Trinajstić information content (AvgIpc) is 2.13. The molecule has 0 unspecified atom stereocenters. The second kappa shape index (κ2) is 7.17. The number of hydrogen-bond acceptors (Lipinski definition) is 2. The summed E-state index contributed by atoms with van der Waals surface area (Å²) in [6.45, 7) is 7.07. The zero-order chi connectivity index (χ0) is 14.3. The summed E-state index contributed by atoms with van der Waals surface area (Å²) in [4.78, 5) is 0. The zero-order valence-corrected chi connectivity index (χ0v) is 11.4. The molecule has 0 spiro atoms. The van der Waals surface area contributed by atoms with Crippen LogP contribution in [0.3, 0.4) is 0 Å². The van der Waals surface area contributed by atoms with E-state index in [2.05, 4.69) is 27.9 Å². The van der Waals surface area contributed by atoms with Crippen LogP contribution in [-0.2, 0) is 10.1 Å². The van der Waals surface area contributed by atoms with Gasteiger partial charge in [0.25, 0.3) is 0 Å². The molecule has 0 aliphatic rings. The lowest BCUT2D eigenvalue weighted by atomic mass is 10.3. The van der Waals surface area contributed by atoms with Crippen molar-refractivity contribution in [2.24, 2.45) is 0 Å². The quantitative estimate of drug-likeness (QED) is 0.488. The minimum absolute atomic E-state index is 1.17. The van der Waals surface area contributed by atoms with Crippen molar-refractivity contribution in [1.29, 1.82) is 0 Å². The molecule has 0 aromatic carbocycles. The molecule has 0 aliphatic carbocycles. The Hall–Kier alpha value is -0.340. The first-order chi connectivity index (χ1) is 7.37. The molecular formula is C9H21F3NO3S+. The fourth-order valence-electron chi connectivity index (χ4n) is 0.744. The fourth-order valence-corrected chi connectivity index (χ4v) is 0.744. The molecule has 0 saturated heterocycles. The third-order valence-electron chi connectivity index (χ3n) is 2.27. The molecule has 0 rings (SSSR count). The summed E-state index contributed by atoms with van der Waals surface area (Å²) in [5, 5.41) is 0.